The number of rotatable bonds is 5. The predicted octanol–water partition coefficient (Wildman–Crippen LogP) is 3.37. The highest BCUT2D eigenvalue weighted by Gasteiger charge is 2.15. The summed E-state index contributed by atoms with van der Waals surface area (Å²) >= 11 is 6.06. The maximum absolute atomic E-state index is 11.8. The zero-order chi connectivity index (χ0) is 13.8. The molecule has 0 atom stereocenters. The van der Waals surface area contributed by atoms with Crippen LogP contribution in [0.15, 0.2) is 18.2 Å². The number of aryl methyl sites for hydroxylation is 1. The van der Waals surface area contributed by atoms with E-state index in [4.69, 9.17) is 11.6 Å². The van der Waals surface area contributed by atoms with E-state index in [1.54, 1.807) is 0 Å². The molecule has 2 N–H and O–H groups in total. The first-order valence-corrected chi connectivity index (χ1v) is 6.53. The third-order valence-corrected chi connectivity index (χ3v) is 3.32. The second-order valence-corrected chi connectivity index (χ2v) is 5.53. The summed E-state index contributed by atoms with van der Waals surface area (Å²) in [6, 6.07) is 5.58. The number of amides is 1. The van der Waals surface area contributed by atoms with Crippen LogP contribution < -0.4 is 10.6 Å². The van der Waals surface area contributed by atoms with E-state index < -0.39 is 0 Å². The Morgan fingerprint density at radius 2 is 2.06 bits per heavy atom. The van der Waals surface area contributed by atoms with Gasteiger partial charge in [-0.2, -0.15) is 0 Å². The van der Waals surface area contributed by atoms with Gasteiger partial charge >= 0.3 is 0 Å². The van der Waals surface area contributed by atoms with Crippen molar-refractivity contribution in [2.24, 2.45) is 0 Å². The molecule has 0 bridgehead atoms. The fourth-order valence-corrected chi connectivity index (χ4v) is 1.64. The third kappa shape index (κ3) is 4.67. The quantitative estimate of drug-likeness (QED) is 0.860. The monoisotopic (exact) mass is 268 g/mol. The van der Waals surface area contributed by atoms with Gasteiger partial charge < -0.3 is 10.6 Å². The summed E-state index contributed by atoms with van der Waals surface area (Å²) in [5.74, 6) is -0.0812. The third-order valence-electron chi connectivity index (χ3n) is 3.01. The van der Waals surface area contributed by atoms with Gasteiger partial charge in [-0.05, 0) is 44.9 Å². The highest BCUT2D eigenvalue weighted by Crippen LogP contribution is 2.22. The van der Waals surface area contributed by atoms with Crippen molar-refractivity contribution in [2.45, 2.75) is 39.7 Å². The maximum Gasteiger partial charge on any atom is 0.238 e. The van der Waals surface area contributed by atoms with Crippen molar-refractivity contribution in [3.63, 3.8) is 0 Å². The molecule has 1 aromatic rings. The van der Waals surface area contributed by atoms with Crippen molar-refractivity contribution in [1.29, 1.82) is 0 Å². The van der Waals surface area contributed by atoms with Crippen LogP contribution in [0.2, 0.25) is 5.02 Å². The number of halogens is 1. The van der Waals surface area contributed by atoms with Crippen molar-refractivity contribution in [2.75, 3.05) is 11.9 Å². The van der Waals surface area contributed by atoms with Crippen LogP contribution in [-0.2, 0) is 4.79 Å². The van der Waals surface area contributed by atoms with Crippen LogP contribution in [0.5, 0.6) is 0 Å². The van der Waals surface area contributed by atoms with Crippen LogP contribution in [0.4, 0.5) is 5.69 Å². The fraction of sp³-hybridized carbons (Fsp3) is 0.500. The molecular formula is C14H21ClN2O. The van der Waals surface area contributed by atoms with Crippen molar-refractivity contribution < 1.29 is 4.79 Å². The minimum atomic E-state index is -0.0812. The zero-order valence-electron chi connectivity index (χ0n) is 11.4. The van der Waals surface area contributed by atoms with E-state index in [9.17, 15) is 4.79 Å². The van der Waals surface area contributed by atoms with E-state index in [0.717, 1.165) is 12.0 Å². The summed E-state index contributed by atoms with van der Waals surface area (Å²) in [5.41, 5.74) is 1.70. The van der Waals surface area contributed by atoms with Crippen molar-refractivity contribution in [3.05, 3.63) is 28.8 Å². The van der Waals surface area contributed by atoms with Gasteiger partial charge in [-0.25, -0.2) is 0 Å². The molecule has 0 radical (unpaired) electrons. The summed E-state index contributed by atoms with van der Waals surface area (Å²) < 4.78 is 0. The molecule has 0 saturated carbocycles. The van der Waals surface area contributed by atoms with E-state index in [2.05, 4.69) is 31.4 Å². The van der Waals surface area contributed by atoms with Crippen LogP contribution in [0, 0.1) is 6.92 Å². The maximum atomic E-state index is 11.8. The van der Waals surface area contributed by atoms with E-state index in [1.165, 1.54) is 0 Å². The Morgan fingerprint density at radius 3 is 2.61 bits per heavy atom. The van der Waals surface area contributed by atoms with Crippen LogP contribution in [0.3, 0.4) is 0 Å². The molecule has 1 rings (SSSR count). The summed E-state index contributed by atoms with van der Waals surface area (Å²) in [6.07, 6.45) is 0.964. The first-order chi connectivity index (χ1) is 8.34. The number of hydrogen-bond donors (Lipinski definition) is 2. The lowest BCUT2D eigenvalue weighted by Crippen LogP contribution is -2.43. The van der Waals surface area contributed by atoms with Gasteiger partial charge in [0.2, 0.25) is 5.91 Å². The lowest BCUT2D eigenvalue weighted by molar-refractivity contribution is -0.115. The summed E-state index contributed by atoms with van der Waals surface area (Å²) in [7, 11) is 0. The zero-order valence-corrected chi connectivity index (χ0v) is 12.2. The Hall–Kier alpha value is -1.06. The van der Waals surface area contributed by atoms with Gasteiger partial charge in [0.05, 0.1) is 17.3 Å². The average molecular weight is 269 g/mol. The second-order valence-electron chi connectivity index (χ2n) is 5.12. The molecule has 0 saturated heterocycles. The normalized spacial score (nSPS) is 11.4. The topological polar surface area (TPSA) is 41.1 Å². The molecule has 0 fully saturated rings. The summed E-state index contributed by atoms with van der Waals surface area (Å²) in [4.78, 5) is 11.8. The first kappa shape index (κ1) is 15.0. The Morgan fingerprint density at radius 1 is 1.39 bits per heavy atom. The molecule has 0 spiro atoms. The van der Waals surface area contributed by atoms with Gasteiger partial charge in [0.1, 0.15) is 0 Å². The van der Waals surface area contributed by atoms with Gasteiger partial charge in [-0.3, -0.25) is 4.79 Å². The van der Waals surface area contributed by atoms with E-state index >= 15 is 0 Å². The molecule has 4 heteroatoms. The van der Waals surface area contributed by atoms with Gasteiger partial charge in [-0.15, -0.1) is 0 Å². The molecule has 3 nitrogen and oxygen atoms in total. The van der Waals surface area contributed by atoms with E-state index in [0.29, 0.717) is 10.7 Å². The van der Waals surface area contributed by atoms with Gasteiger partial charge in [-0.1, -0.05) is 24.6 Å². The number of carbonyl (C=O) groups excluding carboxylic acids is 1. The smallest absolute Gasteiger partial charge is 0.238 e. The predicted molar refractivity (Wildman–Crippen MR) is 77.2 cm³/mol. The average Bonchev–Trinajstić information content (AvgIpc) is 2.30. The highest BCUT2D eigenvalue weighted by molar-refractivity contribution is 6.33. The molecule has 0 aliphatic heterocycles. The Kier molecular flexibility index (Phi) is 5.17. The molecule has 0 aliphatic carbocycles. The molecule has 18 heavy (non-hydrogen) atoms. The second kappa shape index (κ2) is 6.21. The van der Waals surface area contributed by atoms with Gasteiger partial charge in [0.25, 0.3) is 0 Å². The number of nitrogens with one attached hydrogen (secondary N) is 2. The van der Waals surface area contributed by atoms with Crippen LogP contribution >= 0.6 is 11.6 Å². The number of hydrogen-bond acceptors (Lipinski definition) is 2. The lowest BCUT2D eigenvalue weighted by Gasteiger charge is -2.24. The fourth-order valence-electron chi connectivity index (χ4n) is 1.36. The van der Waals surface area contributed by atoms with E-state index in [1.807, 2.05) is 25.1 Å². The number of carbonyl (C=O) groups is 1. The molecule has 1 aromatic carbocycles. The Bertz CT molecular complexity index is 430. The molecule has 1 amide bonds. The largest absolute Gasteiger partial charge is 0.324 e. The summed E-state index contributed by atoms with van der Waals surface area (Å²) in [5, 5.41) is 6.57. The van der Waals surface area contributed by atoms with Crippen LogP contribution in [0.25, 0.3) is 0 Å². The van der Waals surface area contributed by atoms with Crippen molar-refractivity contribution in [3.8, 4) is 0 Å². The van der Waals surface area contributed by atoms with Crippen LogP contribution in [-0.4, -0.2) is 18.0 Å². The molecule has 100 valence electrons. The summed E-state index contributed by atoms with van der Waals surface area (Å²) in [6.45, 7) is 8.47. The standard InChI is InChI=1S/C14H21ClN2O/c1-5-14(3,4)16-9-13(18)17-12-7-6-10(2)8-11(12)15/h6-8,16H,5,9H2,1-4H3,(H,17,18). The molecule has 0 heterocycles. The molecule has 0 unspecified atom stereocenters. The Balaban J connectivity index is 2.55. The van der Waals surface area contributed by atoms with E-state index in [-0.39, 0.29) is 18.0 Å². The van der Waals surface area contributed by atoms with Crippen molar-refractivity contribution in [1.82, 2.24) is 5.32 Å². The first-order valence-electron chi connectivity index (χ1n) is 6.15. The molecule has 0 aromatic heterocycles. The van der Waals surface area contributed by atoms with Gasteiger partial charge in [0.15, 0.2) is 0 Å². The van der Waals surface area contributed by atoms with Gasteiger partial charge in [0, 0.05) is 5.54 Å². The minimum absolute atomic E-state index is 0.0333. The number of benzene rings is 1. The SMILES string of the molecule is CCC(C)(C)NCC(=O)Nc1ccc(C)cc1Cl. The van der Waals surface area contributed by atoms with Crippen molar-refractivity contribution >= 4 is 23.2 Å². The molecular weight excluding hydrogens is 248 g/mol. The number of anilines is 1. The lowest BCUT2D eigenvalue weighted by atomic mass is 10.0. The molecule has 0 aliphatic rings. The Labute approximate surface area is 114 Å². The van der Waals surface area contributed by atoms with Crippen LogP contribution in [0.1, 0.15) is 32.8 Å². The highest BCUT2D eigenvalue weighted by atomic mass is 35.5. The minimum Gasteiger partial charge on any atom is -0.324 e.